The van der Waals surface area contributed by atoms with Crippen LogP contribution in [0.5, 0.6) is 5.75 Å². The Kier molecular flexibility index (Phi) is 4.81. The molecular weight excluding hydrogens is 198 g/mol. The van der Waals surface area contributed by atoms with E-state index in [0.717, 1.165) is 12.2 Å². The van der Waals surface area contributed by atoms with E-state index >= 15 is 0 Å². The molecule has 2 heteroatoms. The Hall–Kier alpha value is -1.02. The van der Waals surface area contributed by atoms with Crippen molar-refractivity contribution in [2.24, 2.45) is 17.6 Å². The highest BCUT2D eigenvalue weighted by molar-refractivity contribution is 5.28. The van der Waals surface area contributed by atoms with Crippen molar-refractivity contribution < 1.29 is 4.74 Å². The average molecular weight is 221 g/mol. The van der Waals surface area contributed by atoms with Gasteiger partial charge in [-0.25, -0.2) is 0 Å². The van der Waals surface area contributed by atoms with Crippen LogP contribution in [-0.4, -0.2) is 13.2 Å². The van der Waals surface area contributed by atoms with Crippen LogP contribution in [0, 0.1) is 11.8 Å². The van der Waals surface area contributed by atoms with E-state index in [9.17, 15) is 0 Å². The molecule has 0 aliphatic rings. The lowest BCUT2D eigenvalue weighted by Gasteiger charge is -2.24. The van der Waals surface area contributed by atoms with Gasteiger partial charge in [0.05, 0.1) is 7.11 Å². The number of methoxy groups -OCH3 is 1. The number of hydrogen-bond donors (Lipinski definition) is 1. The van der Waals surface area contributed by atoms with Gasteiger partial charge in [-0.1, -0.05) is 26.0 Å². The number of rotatable bonds is 5. The van der Waals surface area contributed by atoms with Crippen LogP contribution >= 0.6 is 0 Å². The summed E-state index contributed by atoms with van der Waals surface area (Å²) in [6, 6.07) is 8.47. The summed E-state index contributed by atoms with van der Waals surface area (Å²) in [5.41, 5.74) is 7.33. The van der Waals surface area contributed by atoms with Gasteiger partial charge >= 0.3 is 0 Å². The molecule has 1 rings (SSSR count). The third kappa shape index (κ3) is 3.53. The molecule has 2 N–H and O–H groups in total. The van der Waals surface area contributed by atoms with E-state index in [-0.39, 0.29) is 6.04 Å². The second-order valence-corrected chi connectivity index (χ2v) is 4.82. The van der Waals surface area contributed by atoms with E-state index in [0.29, 0.717) is 11.8 Å². The molecule has 2 atom stereocenters. The predicted octanol–water partition coefficient (Wildman–Crippen LogP) is 2.86. The number of hydrogen-bond acceptors (Lipinski definition) is 2. The fourth-order valence-electron chi connectivity index (χ4n) is 2.10. The molecule has 0 saturated carbocycles. The van der Waals surface area contributed by atoms with Gasteiger partial charge in [-0.2, -0.15) is 0 Å². The van der Waals surface area contributed by atoms with Gasteiger partial charge in [0.2, 0.25) is 0 Å². The minimum Gasteiger partial charge on any atom is -0.497 e. The Morgan fingerprint density at radius 3 is 2.44 bits per heavy atom. The summed E-state index contributed by atoms with van der Waals surface area (Å²) in [6.45, 7) is 6.55. The van der Waals surface area contributed by atoms with Crippen molar-refractivity contribution in [3.8, 4) is 5.75 Å². The maximum absolute atomic E-state index is 6.02. The van der Waals surface area contributed by atoms with E-state index in [1.165, 1.54) is 5.56 Å². The summed E-state index contributed by atoms with van der Waals surface area (Å²) >= 11 is 0. The molecule has 0 aliphatic carbocycles. The van der Waals surface area contributed by atoms with Gasteiger partial charge in [0.1, 0.15) is 5.75 Å². The third-order valence-electron chi connectivity index (χ3n) is 3.14. The van der Waals surface area contributed by atoms with Gasteiger partial charge in [0, 0.05) is 6.04 Å². The zero-order chi connectivity index (χ0) is 12.1. The first kappa shape index (κ1) is 13.0. The van der Waals surface area contributed by atoms with Crippen molar-refractivity contribution in [3.05, 3.63) is 29.8 Å². The highest BCUT2D eigenvalue weighted by Crippen LogP contribution is 2.22. The Labute approximate surface area is 98.8 Å². The SMILES string of the molecule is COc1cccc(CC(C(C)C)C(C)N)c1. The molecule has 0 spiro atoms. The van der Waals surface area contributed by atoms with Gasteiger partial charge in [-0.05, 0) is 42.9 Å². The van der Waals surface area contributed by atoms with E-state index < -0.39 is 0 Å². The normalized spacial score (nSPS) is 14.9. The number of ether oxygens (including phenoxy) is 1. The van der Waals surface area contributed by atoms with Crippen LogP contribution in [0.4, 0.5) is 0 Å². The maximum atomic E-state index is 6.02. The van der Waals surface area contributed by atoms with Crippen molar-refractivity contribution in [1.29, 1.82) is 0 Å². The standard InChI is InChI=1S/C14H23NO/c1-10(2)14(11(3)15)9-12-6-5-7-13(8-12)16-4/h5-8,10-11,14H,9,15H2,1-4H3. The molecule has 0 radical (unpaired) electrons. The van der Waals surface area contributed by atoms with Gasteiger partial charge in [-0.15, -0.1) is 0 Å². The third-order valence-corrected chi connectivity index (χ3v) is 3.14. The monoisotopic (exact) mass is 221 g/mol. The van der Waals surface area contributed by atoms with E-state index in [2.05, 4.69) is 32.9 Å². The van der Waals surface area contributed by atoms with Crippen LogP contribution in [0.3, 0.4) is 0 Å². The fraction of sp³-hybridized carbons (Fsp3) is 0.571. The molecule has 0 heterocycles. The summed E-state index contributed by atoms with van der Waals surface area (Å²) in [5, 5.41) is 0. The molecular formula is C14H23NO. The maximum Gasteiger partial charge on any atom is 0.119 e. The second-order valence-electron chi connectivity index (χ2n) is 4.82. The summed E-state index contributed by atoms with van der Waals surface area (Å²) < 4.78 is 5.23. The first-order chi connectivity index (χ1) is 7.54. The van der Waals surface area contributed by atoms with Crippen LogP contribution in [0.2, 0.25) is 0 Å². The minimum absolute atomic E-state index is 0.228. The lowest BCUT2D eigenvalue weighted by atomic mass is 9.84. The van der Waals surface area contributed by atoms with Crippen LogP contribution in [0.1, 0.15) is 26.3 Å². The smallest absolute Gasteiger partial charge is 0.119 e. The number of nitrogens with two attached hydrogens (primary N) is 1. The first-order valence-corrected chi connectivity index (χ1v) is 5.93. The first-order valence-electron chi connectivity index (χ1n) is 5.93. The fourth-order valence-corrected chi connectivity index (χ4v) is 2.10. The molecule has 0 bridgehead atoms. The highest BCUT2D eigenvalue weighted by Gasteiger charge is 2.18. The second kappa shape index (κ2) is 5.90. The van der Waals surface area contributed by atoms with E-state index in [1.54, 1.807) is 7.11 Å². The van der Waals surface area contributed by atoms with E-state index in [4.69, 9.17) is 10.5 Å². The topological polar surface area (TPSA) is 35.2 Å². The molecule has 2 nitrogen and oxygen atoms in total. The van der Waals surface area contributed by atoms with Crippen molar-refractivity contribution in [3.63, 3.8) is 0 Å². The van der Waals surface area contributed by atoms with Crippen molar-refractivity contribution >= 4 is 0 Å². The van der Waals surface area contributed by atoms with Gasteiger partial charge in [0.25, 0.3) is 0 Å². The molecule has 0 amide bonds. The van der Waals surface area contributed by atoms with Crippen LogP contribution in [0.25, 0.3) is 0 Å². The van der Waals surface area contributed by atoms with Crippen LogP contribution in [-0.2, 0) is 6.42 Å². The summed E-state index contributed by atoms with van der Waals surface area (Å²) in [6.07, 6.45) is 1.02. The van der Waals surface area contributed by atoms with Crippen LogP contribution in [0.15, 0.2) is 24.3 Å². The Morgan fingerprint density at radius 2 is 1.94 bits per heavy atom. The summed E-state index contributed by atoms with van der Waals surface area (Å²) in [7, 11) is 1.70. The Balaban J connectivity index is 2.77. The van der Waals surface area contributed by atoms with Gasteiger partial charge < -0.3 is 10.5 Å². The lowest BCUT2D eigenvalue weighted by Crippen LogP contribution is -2.32. The molecule has 2 unspecified atom stereocenters. The Morgan fingerprint density at radius 1 is 1.25 bits per heavy atom. The zero-order valence-corrected chi connectivity index (χ0v) is 10.7. The van der Waals surface area contributed by atoms with Crippen molar-refractivity contribution in [2.45, 2.75) is 33.2 Å². The van der Waals surface area contributed by atoms with Gasteiger partial charge in [0.15, 0.2) is 0 Å². The molecule has 90 valence electrons. The van der Waals surface area contributed by atoms with Crippen LogP contribution < -0.4 is 10.5 Å². The lowest BCUT2D eigenvalue weighted by molar-refractivity contribution is 0.329. The largest absolute Gasteiger partial charge is 0.497 e. The van der Waals surface area contributed by atoms with Crippen molar-refractivity contribution in [1.82, 2.24) is 0 Å². The molecule has 1 aromatic rings. The van der Waals surface area contributed by atoms with Gasteiger partial charge in [-0.3, -0.25) is 0 Å². The molecule has 0 saturated heterocycles. The van der Waals surface area contributed by atoms with Crippen molar-refractivity contribution in [2.75, 3.05) is 7.11 Å². The quantitative estimate of drug-likeness (QED) is 0.829. The molecule has 0 aliphatic heterocycles. The molecule has 0 aromatic heterocycles. The minimum atomic E-state index is 0.228. The Bertz CT molecular complexity index is 312. The van der Waals surface area contributed by atoms with E-state index in [1.807, 2.05) is 12.1 Å². The average Bonchev–Trinajstić information content (AvgIpc) is 2.25. The highest BCUT2D eigenvalue weighted by atomic mass is 16.5. The summed E-state index contributed by atoms with van der Waals surface area (Å²) in [4.78, 5) is 0. The molecule has 16 heavy (non-hydrogen) atoms. The molecule has 1 aromatic carbocycles. The molecule has 0 fully saturated rings. The predicted molar refractivity (Wildman–Crippen MR) is 68.7 cm³/mol. The number of benzene rings is 1. The zero-order valence-electron chi connectivity index (χ0n) is 10.7. The summed E-state index contributed by atoms with van der Waals surface area (Å²) in [5.74, 6) is 2.04.